The Morgan fingerprint density at radius 1 is 1.38 bits per heavy atom. The van der Waals surface area contributed by atoms with E-state index in [1.54, 1.807) is 0 Å². The van der Waals surface area contributed by atoms with Crippen LogP contribution in [-0.2, 0) is 11.5 Å². The van der Waals surface area contributed by atoms with Crippen molar-refractivity contribution in [1.82, 2.24) is 9.78 Å². The van der Waals surface area contributed by atoms with Gasteiger partial charge in [-0.15, -0.1) is 0 Å². The summed E-state index contributed by atoms with van der Waals surface area (Å²) in [6, 6.07) is 0.657. The first-order valence-corrected chi connectivity index (χ1v) is 5.95. The maximum absolute atomic E-state index is 5.86. The fourth-order valence-electron chi connectivity index (χ4n) is 2.02. The maximum atomic E-state index is 5.86. The van der Waals surface area contributed by atoms with E-state index in [0.29, 0.717) is 6.04 Å². The van der Waals surface area contributed by atoms with Crippen molar-refractivity contribution < 1.29 is 0 Å². The smallest absolute Gasteiger partial charge is 0.149 e. The molecule has 0 spiro atoms. The van der Waals surface area contributed by atoms with Gasteiger partial charge in [-0.25, -0.2) is 0 Å². The van der Waals surface area contributed by atoms with Gasteiger partial charge in [-0.3, -0.25) is 4.68 Å². The van der Waals surface area contributed by atoms with Gasteiger partial charge >= 0.3 is 0 Å². The molecule has 0 amide bonds. The van der Waals surface area contributed by atoms with Crippen LogP contribution in [0.15, 0.2) is 0 Å². The van der Waals surface area contributed by atoms with Crippen LogP contribution in [0.3, 0.4) is 0 Å². The molecule has 1 aliphatic heterocycles. The molecular formula is C9H13N3S. The van der Waals surface area contributed by atoms with E-state index in [9.17, 15) is 0 Å². The van der Waals surface area contributed by atoms with Crippen LogP contribution in [0.5, 0.6) is 0 Å². The van der Waals surface area contributed by atoms with Crippen LogP contribution in [-0.4, -0.2) is 9.78 Å². The lowest BCUT2D eigenvalue weighted by molar-refractivity contribution is 0.285. The molecule has 4 heteroatoms. The molecular weight excluding hydrogens is 182 g/mol. The molecule has 0 aromatic carbocycles. The number of nitrogens with zero attached hydrogens (tertiary/aromatic N) is 2. The maximum Gasteiger partial charge on any atom is 0.149 e. The van der Waals surface area contributed by atoms with Crippen molar-refractivity contribution >= 4 is 17.6 Å². The quantitative estimate of drug-likeness (QED) is 0.744. The molecule has 2 aliphatic rings. The number of thioether (sulfide) groups is 1. The van der Waals surface area contributed by atoms with Gasteiger partial charge in [-0.05, 0) is 19.3 Å². The highest BCUT2D eigenvalue weighted by molar-refractivity contribution is 7.98. The molecule has 70 valence electrons. The minimum atomic E-state index is 0.657. The molecule has 1 aromatic rings. The second-order valence-corrected chi connectivity index (χ2v) is 4.82. The fraction of sp³-hybridized carbons (Fsp3) is 0.667. The summed E-state index contributed by atoms with van der Waals surface area (Å²) in [6.45, 7) is 0. The van der Waals surface area contributed by atoms with Gasteiger partial charge < -0.3 is 5.73 Å². The van der Waals surface area contributed by atoms with Crippen LogP contribution in [0.4, 0.5) is 5.82 Å². The summed E-state index contributed by atoms with van der Waals surface area (Å²) in [4.78, 5) is 0. The Labute approximate surface area is 81.7 Å². The SMILES string of the molecule is Nc1nn(C2CCC2)c2c1CSC2. The molecule has 0 bridgehead atoms. The third kappa shape index (κ3) is 1.01. The first-order chi connectivity index (χ1) is 6.36. The van der Waals surface area contributed by atoms with Gasteiger partial charge in [0, 0.05) is 17.1 Å². The Hall–Kier alpha value is -0.640. The molecule has 2 N–H and O–H groups in total. The van der Waals surface area contributed by atoms with Gasteiger partial charge in [-0.1, -0.05) is 0 Å². The highest BCUT2D eigenvalue weighted by atomic mass is 32.2. The number of rotatable bonds is 1. The van der Waals surface area contributed by atoms with Crippen molar-refractivity contribution in [1.29, 1.82) is 0 Å². The van der Waals surface area contributed by atoms with Gasteiger partial charge in [0.1, 0.15) is 5.82 Å². The second-order valence-electron chi connectivity index (χ2n) is 3.83. The monoisotopic (exact) mass is 195 g/mol. The first kappa shape index (κ1) is 7.74. The Bertz CT molecular complexity index is 341. The van der Waals surface area contributed by atoms with Crippen molar-refractivity contribution in [2.24, 2.45) is 0 Å². The van der Waals surface area contributed by atoms with Gasteiger partial charge in [-0.2, -0.15) is 16.9 Å². The molecule has 2 heterocycles. The van der Waals surface area contributed by atoms with E-state index in [0.717, 1.165) is 17.3 Å². The number of hydrogen-bond donors (Lipinski definition) is 1. The highest BCUT2D eigenvalue weighted by Gasteiger charge is 2.28. The molecule has 3 nitrogen and oxygen atoms in total. The average Bonchev–Trinajstić information content (AvgIpc) is 2.53. The highest BCUT2D eigenvalue weighted by Crippen LogP contribution is 2.39. The van der Waals surface area contributed by atoms with Crippen molar-refractivity contribution in [2.75, 3.05) is 5.73 Å². The Morgan fingerprint density at radius 2 is 2.23 bits per heavy atom. The minimum Gasteiger partial charge on any atom is -0.382 e. The summed E-state index contributed by atoms with van der Waals surface area (Å²) in [6.07, 6.45) is 3.93. The van der Waals surface area contributed by atoms with Gasteiger partial charge in [0.05, 0.1) is 11.7 Å². The predicted octanol–water partition coefficient (Wildman–Crippen LogP) is 1.94. The largest absolute Gasteiger partial charge is 0.382 e. The normalized spacial score (nSPS) is 21.5. The zero-order chi connectivity index (χ0) is 8.84. The minimum absolute atomic E-state index is 0.657. The van der Waals surface area contributed by atoms with Crippen LogP contribution in [0, 0.1) is 0 Å². The zero-order valence-corrected chi connectivity index (χ0v) is 8.31. The fourth-order valence-corrected chi connectivity index (χ4v) is 3.14. The number of nitrogen functional groups attached to an aromatic ring is 1. The van der Waals surface area contributed by atoms with E-state index in [1.165, 1.54) is 30.5 Å². The van der Waals surface area contributed by atoms with Crippen LogP contribution < -0.4 is 5.73 Å². The van der Waals surface area contributed by atoms with E-state index < -0.39 is 0 Å². The Morgan fingerprint density at radius 3 is 2.92 bits per heavy atom. The topological polar surface area (TPSA) is 43.8 Å². The van der Waals surface area contributed by atoms with E-state index in [2.05, 4.69) is 9.78 Å². The standard InChI is InChI=1S/C9H13N3S/c10-9-7-4-13-5-8(7)12(11-9)6-2-1-3-6/h6H,1-5H2,(H2,10,11). The van der Waals surface area contributed by atoms with Crippen LogP contribution in [0.2, 0.25) is 0 Å². The molecule has 0 radical (unpaired) electrons. The van der Waals surface area contributed by atoms with Gasteiger partial charge in [0.2, 0.25) is 0 Å². The number of anilines is 1. The molecule has 13 heavy (non-hydrogen) atoms. The summed E-state index contributed by atoms with van der Waals surface area (Å²) in [5, 5.41) is 4.44. The third-order valence-electron chi connectivity index (χ3n) is 3.06. The Kier molecular flexibility index (Phi) is 1.59. The molecule has 1 aromatic heterocycles. The lowest BCUT2D eigenvalue weighted by Crippen LogP contribution is -2.19. The molecule has 1 fully saturated rings. The van der Waals surface area contributed by atoms with Crippen LogP contribution >= 0.6 is 11.8 Å². The summed E-state index contributed by atoms with van der Waals surface area (Å²) in [5.41, 5.74) is 8.56. The van der Waals surface area contributed by atoms with Gasteiger partial charge in [0.15, 0.2) is 0 Å². The zero-order valence-electron chi connectivity index (χ0n) is 7.49. The van der Waals surface area contributed by atoms with E-state index in [-0.39, 0.29) is 0 Å². The van der Waals surface area contributed by atoms with Crippen LogP contribution in [0.1, 0.15) is 36.6 Å². The number of fused-ring (bicyclic) bond motifs is 1. The van der Waals surface area contributed by atoms with Gasteiger partial charge in [0.25, 0.3) is 0 Å². The number of hydrogen-bond acceptors (Lipinski definition) is 3. The lowest BCUT2D eigenvalue weighted by atomic mass is 9.93. The number of nitrogens with two attached hydrogens (primary N) is 1. The molecule has 0 unspecified atom stereocenters. The first-order valence-electron chi connectivity index (χ1n) is 4.80. The summed E-state index contributed by atoms with van der Waals surface area (Å²) in [5.74, 6) is 2.94. The summed E-state index contributed by atoms with van der Waals surface area (Å²) >= 11 is 1.95. The lowest BCUT2D eigenvalue weighted by Gasteiger charge is -2.27. The molecule has 1 saturated carbocycles. The molecule has 1 aliphatic carbocycles. The second kappa shape index (κ2) is 2.67. The molecule has 3 rings (SSSR count). The molecule has 0 atom stereocenters. The third-order valence-corrected chi connectivity index (χ3v) is 4.03. The van der Waals surface area contributed by atoms with Crippen molar-refractivity contribution in [3.05, 3.63) is 11.3 Å². The summed E-state index contributed by atoms with van der Waals surface area (Å²) < 4.78 is 2.19. The molecule has 0 saturated heterocycles. The predicted molar refractivity (Wildman–Crippen MR) is 54.5 cm³/mol. The van der Waals surface area contributed by atoms with Crippen molar-refractivity contribution in [3.63, 3.8) is 0 Å². The average molecular weight is 195 g/mol. The van der Waals surface area contributed by atoms with Crippen molar-refractivity contribution in [3.8, 4) is 0 Å². The van der Waals surface area contributed by atoms with Crippen LogP contribution in [0.25, 0.3) is 0 Å². The van der Waals surface area contributed by atoms with E-state index in [1.807, 2.05) is 11.8 Å². The van der Waals surface area contributed by atoms with E-state index >= 15 is 0 Å². The van der Waals surface area contributed by atoms with Crippen molar-refractivity contribution in [2.45, 2.75) is 36.8 Å². The number of aromatic nitrogens is 2. The van der Waals surface area contributed by atoms with E-state index in [4.69, 9.17) is 5.73 Å². The Balaban J connectivity index is 2.04. The summed E-state index contributed by atoms with van der Waals surface area (Å²) in [7, 11) is 0.